The molecule has 1 aliphatic carbocycles. The molecule has 1 aliphatic rings. The van der Waals surface area contributed by atoms with Gasteiger partial charge in [-0.15, -0.1) is 0 Å². The van der Waals surface area contributed by atoms with Crippen molar-refractivity contribution >= 4 is 10.0 Å². The average molecular weight is 319 g/mol. The van der Waals surface area contributed by atoms with E-state index in [0.29, 0.717) is 4.90 Å². The van der Waals surface area contributed by atoms with Crippen LogP contribution in [0.2, 0.25) is 0 Å². The van der Waals surface area contributed by atoms with Gasteiger partial charge in [-0.2, -0.15) is 5.10 Å². The van der Waals surface area contributed by atoms with Crippen LogP contribution in [0.4, 0.5) is 0 Å². The van der Waals surface area contributed by atoms with Crippen molar-refractivity contribution in [3.8, 4) is 5.69 Å². The van der Waals surface area contributed by atoms with Crippen molar-refractivity contribution in [3.05, 3.63) is 42.7 Å². The van der Waals surface area contributed by atoms with E-state index in [-0.39, 0.29) is 6.04 Å². The van der Waals surface area contributed by atoms with Crippen LogP contribution in [0.25, 0.3) is 5.69 Å². The quantitative estimate of drug-likeness (QED) is 0.881. The molecular weight excluding hydrogens is 298 g/mol. The van der Waals surface area contributed by atoms with E-state index in [1.165, 1.54) is 12.8 Å². The van der Waals surface area contributed by atoms with Gasteiger partial charge in [0, 0.05) is 18.4 Å². The molecule has 1 aromatic carbocycles. The molecule has 118 valence electrons. The van der Waals surface area contributed by atoms with Crippen LogP contribution in [-0.2, 0) is 10.0 Å². The van der Waals surface area contributed by atoms with Gasteiger partial charge >= 0.3 is 0 Å². The minimum absolute atomic E-state index is 0.0679. The lowest BCUT2D eigenvalue weighted by Crippen LogP contribution is -2.34. The van der Waals surface area contributed by atoms with Gasteiger partial charge in [-0.05, 0) is 43.2 Å². The standard InChI is InChI=1S/C16H21N3O2S/c20-22(21,18-14-6-3-1-2-4-7-14)16-10-8-15(9-11-16)19-13-5-12-17-19/h5,8-14,18H,1-4,6-7H2. The number of hydrogen-bond acceptors (Lipinski definition) is 3. The summed E-state index contributed by atoms with van der Waals surface area (Å²) in [5, 5.41) is 4.13. The molecule has 1 heterocycles. The Balaban J connectivity index is 1.74. The Bertz CT molecular complexity index is 686. The Kier molecular flexibility index (Phi) is 4.59. The van der Waals surface area contributed by atoms with Crippen LogP contribution in [0.3, 0.4) is 0 Å². The first-order valence-electron chi connectivity index (χ1n) is 7.77. The lowest BCUT2D eigenvalue weighted by atomic mass is 10.1. The van der Waals surface area contributed by atoms with Gasteiger partial charge in [0.25, 0.3) is 0 Å². The third kappa shape index (κ3) is 3.56. The summed E-state index contributed by atoms with van der Waals surface area (Å²) in [7, 11) is -3.44. The summed E-state index contributed by atoms with van der Waals surface area (Å²) in [5.41, 5.74) is 0.846. The number of aromatic nitrogens is 2. The molecule has 0 bridgehead atoms. The van der Waals surface area contributed by atoms with Crippen molar-refractivity contribution in [2.75, 3.05) is 0 Å². The number of hydrogen-bond donors (Lipinski definition) is 1. The molecule has 1 saturated carbocycles. The fourth-order valence-electron chi connectivity index (χ4n) is 2.88. The number of nitrogens with zero attached hydrogens (tertiary/aromatic N) is 2. The molecule has 1 fully saturated rings. The predicted octanol–water partition coefficient (Wildman–Crippen LogP) is 2.87. The molecule has 0 radical (unpaired) electrons. The molecule has 1 aromatic heterocycles. The highest BCUT2D eigenvalue weighted by Crippen LogP contribution is 2.20. The van der Waals surface area contributed by atoms with Gasteiger partial charge in [0.05, 0.1) is 10.6 Å². The lowest BCUT2D eigenvalue weighted by molar-refractivity contribution is 0.510. The summed E-state index contributed by atoms with van der Waals surface area (Å²) in [6.45, 7) is 0. The largest absolute Gasteiger partial charge is 0.241 e. The number of rotatable bonds is 4. The molecule has 5 nitrogen and oxygen atoms in total. The molecule has 2 aromatic rings. The summed E-state index contributed by atoms with van der Waals surface area (Å²) in [4.78, 5) is 0.313. The molecule has 6 heteroatoms. The van der Waals surface area contributed by atoms with Gasteiger partial charge in [0.1, 0.15) is 0 Å². The minimum atomic E-state index is -3.44. The zero-order valence-corrected chi connectivity index (χ0v) is 13.3. The Labute approximate surface area is 131 Å². The maximum Gasteiger partial charge on any atom is 0.240 e. The third-order valence-corrected chi connectivity index (χ3v) is 5.63. The van der Waals surface area contributed by atoms with E-state index in [4.69, 9.17) is 0 Å². The Morgan fingerprint density at radius 2 is 1.73 bits per heavy atom. The van der Waals surface area contributed by atoms with Gasteiger partial charge in [0.2, 0.25) is 10.0 Å². The first kappa shape index (κ1) is 15.2. The Morgan fingerprint density at radius 1 is 1.05 bits per heavy atom. The zero-order valence-electron chi connectivity index (χ0n) is 12.5. The molecule has 0 spiro atoms. The van der Waals surface area contributed by atoms with E-state index < -0.39 is 10.0 Å². The second-order valence-electron chi connectivity index (χ2n) is 5.75. The summed E-state index contributed by atoms with van der Waals surface area (Å²) < 4.78 is 29.5. The van der Waals surface area contributed by atoms with E-state index in [9.17, 15) is 8.42 Å². The van der Waals surface area contributed by atoms with E-state index in [1.807, 2.05) is 12.3 Å². The zero-order chi connectivity index (χ0) is 15.4. The van der Waals surface area contributed by atoms with Crippen LogP contribution < -0.4 is 4.72 Å². The fraction of sp³-hybridized carbons (Fsp3) is 0.438. The van der Waals surface area contributed by atoms with Gasteiger partial charge in [-0.1, -0.05) is 25.7 Å². The highest BCUT2D eigenvalue weighted by atomic mass is 32.2. The molecule has 0 unspecified atom stereocenters. The summed E-state index contributed by atoms with van der Waals surface area (Å²) in [6.07, 6.45) is 10.0. The number of sulfonamides is 1. The van der Waals surface area contributed by atoms with Crippen molar-refractivity contribution in [2.24, 2.45) is 0 Å². The van der Waals surface area contributed by atoms with Crippen molar-refractivity contribution < 1.29 is 8.42 Å². The fourth-order valence-corrected chi connectivity index (χ4v) is 4.19. The third-order valence-electron chi connectivity index (χ3n) is 4.09. The van der Waals surface area contributed by atoms with Crippen molar-refractivity contribution in [1.29, 1.82) is 0 Å². The molecule has 1 N–H and O–H groups in total. The van der Waals surface area contributed by atoms with Crippen LogP contribution >= 0.6 is 0 Å². The minimum Gasteiger partial charge on any atom is -0.241 e. The van der Waals surface area contributed by atoms with Crippen molar-refractivity contribution in [3.63, 3.8) is 0 Å². The molecule has 0 saturated heterocycles. The lowest BCUT2D eigenvalue weighted by Gasteiger charge is -2.16. The Hall–Kier alpha value is -1.66. The van der Waals surface area contributed by atoms with Crippen LogP contribution in [0.1, 0.15) is 38.5 Å². The smallest absolute Gasteiger partial charge is 0.240 e. The normalized spacial score (nSPS) is 17.3. The monoisotopic (exact) mass is 319 g/mol. The molecule has 0 atom stereocenters. The second-order valence-corrected chi connectivity index (χ2v) is 7.47. The van der Waals surface area contributed by atoms with Crippen LogP contribution in [0.5, 0.6) is 0 Å². The number of nitrogens with one attached hydrogen (secondary N) is 1. The molecule has 3 rings (SSSR count). The first-order chi connectivity index (χ1) is 10.6. The molecule has 22 heavy (non-hydrogen) atoms. The van der Waals surface area contributed by atoms with E-state index in [0.717, 1.165) is 31.4 Å². The maximum absolute atomic E-state index is 12.5. The van der Waals surface area contributed by atoms with Gasteiger partial charge in [0.15, 0.2) is 0 Å². The summed E-state index contributed by atoms with van der Waals surface area (Å²) >= 11 is 0. The van der Waals surface area contributed by atoms with E-state index in [2.05, 4.69) is 9.82 Å². The number of benzene rings is 1. The van der Waals surface area contributed by atoms with Gasteiger partial charge in [-0.3, -0.25) is 0 Å². The Morgan fingerprint density at radius 3 is 2.32 bits per heavy atom. The second kappa shape index (κ2) is 6.62. The molecule has 0 amide bonds. The molecule has 0 aliphatic heterocycles. The van der Waals surface area contributed by atoms with Crippen molar-refractivity contribution in [1.82, 2.24) is 14.5 Å². The topological polar surface area (TPSA) is 64.0 Å². The highest BCUT2D eigenvalue weighted by Gasteiger charge is 2.21. The van der Waals surface area contributed by atoms with Crippen molar-refractivity contribution in [2.45, 2.75) is 49.5 Å². The highest BCUT2D eigenvalue weighted by molar-refractivity contribution is 7.89. The van der Waals surface area contributed by atoms with E-state index >= 15 is 0 Å². The van der Waals surface area contributed by atoms with E-state index in [1.54, 1.807) is 35.1 Å². The average Bonchev–Trinajstić information content (AvgIpc) is 2.94. The van der Waals surface area contributed by atoms with Crippen LogP contribution in [0, 0.1) is 0 Å². The predicted molar refractivity (Wildman–Crippen MR) is 85.4 cm³/mol. The summed E-state index contributed by atoms with van der Waals surface area (Å²) in [6, 6.07) is 8.71. The van der Waals surface area contributed by atoms with Crippen LogP contribution in [0.15, 0.2) is 47.6 Å². The summed E-state index contributed by atoms with van der Waals surface area (Å²) in [5.74, 6) is 0. The SMILES string of the molecule is O=S(=O)(NC1CCCCCC1)c1ccc(-n2cccn2)cc1. The first-order valence-corrected chi connectivity index (χ1v) is 9.26. The van der Waals surface area contributed by atoms with Crippen LogP contribution in [-0.4, -0.2) is 24.2 Å². The van der Waals surface area contributed by atoms with Gasteiger partial charge < -0.3 is 0 Å². The van der Waals surface area contributed by atoms with Gasteiger partial charge in [-0.25, -0.2) is 17.8 Å². The maximum atomic E-state index is 12.5. The molecular formula is C16H21N3O2S.